The predicted octanol–water partition coefficient (Wildman–Crippen LogP) is 3.00. The summed E-state index contributed by atoms with van der Waals surface area (Å²) < 4.78 is 10.4. The first-order valence-electron chi connectivity index (χ1n) is 11.1. The summed E-state index contributed by atoms with van der Waals surface area (Å²) in [6, 6.07) is 7.19. The molecule has 3 heterocycles. The first kappa shape index (κ1) is 23.4. The number of likely N-dealkylation sites (N-methyl/N-ethyl adjacent to an activating group) is 1. The van der Waals surface area contributed by atoms with Crippen molar-refractivity contribution in [3.63, 3.8) is 0 Å². The maximum atomic E-state index is 13.2. The van der Waals surface area contributed by atoms with E-state index in [1.54, 1.807) is 7.11 Å². The number of allylic oxidation sites excluding steroid dienone is 1. The molecule has 0 saturated carbocycles. The van der Waals surface area contributed by atoms with Gasteiger partial charge in [0.15, 0.2) is 5.17 Å². The Labute approximate surface area is 198 Å². The Morgan fingerprint density at radius 3 is 2.58 bits per heavy atom. The first-order chi connectivity index (χ1) is 15.9. The Morgan fingerprint density at radius 1 is 1.12 bits per heavy atom. The summed E-state index contributed by atoms with van der Waals surface area (Å²) in [6.45, 7) is 5.19. The third-order valence-electron chi connectivity index (χ3n) is 6.24. The lowest BCUT2D eigenvalue weighted by atomic mass is 9.93. The zero-order valence-corrected chi connectivity index (χ0v) is 20.4. The molecule has 0 spiro atoms. The monoisotopic (exact) mass is 470 g/mol. The second-order valence-electron chi connectivity index (χ2n) is 8.37. The maximum Gasteiger partial charge on any atom is 0.338 e. The maximum absolute atomic E-state index is 13.2. The molecular formula is C24H30N4O4S. The third kappa shape index (κ3) is 4.79. The van der Waals surface area contributed by atoms with Crippen molar-refractivity contribution in [2.24, 2.45) is 4.99 Å². The number of hydrogen-bond acceptors (Lipinski definition) is 8. The van der Waals surface area contributed by atoms with E-state index in [0.29, 0.717) is 11.3 Å². The van der Waals surface area contributed by atoms with E-state index in [9.17, 15) is 9.59 Å². The van der Waals surface area contributed by atoms with Gasteiger partial charge in [0.05, 0.1) is 38.0 Å². The minimum absolute atomic E-state index is 0.0952. The average molecular weight is 471 g/mol. The molecular weight excluding hydrogens is 440 g/mol. The Bertz CT molecular complexity index is 1020. The lowest BCUT2D eigenvalue weighted by molar-refractivity contribution is -0.136. The van der Waals surface area contributed by atoms with E-state index in [4.69, 9.17) is 9.47 Å². The Hall–Kier alpha value is -2.78. The average Bonchev–Trinajstić information content (AvgIpc) is 3.07. The molecule has 9 heteroatoms. The minimum Gasteiger partial charge on any atom is -0.497 e. The number of aliphatic imine (C=N–C) groups is 1. The molecule has 0 aliphatic carbocycles. The van der Waals surface area contributed by atoms with Crippen molar-refractivity contribution in [1.29, 1.82) is 0 Å². The number of thioether (sulfide) groups is 1. The number of hydrogen-bond donors (Lipinski definition) is 0. The van der Waals surface area contributed by atoms with Crippen LogP contribution in [0.25, 0.3) is 0 Å². The standard InChI is InChI=1S/C24H30N4O4S/c1-16-21(23(30)32-4)22(17-6-8-19(31-3)9-7-17)28-18(15-33-24(28)25-16)14-20(29)27-11-5-10-26(2)12-13-27/h6-9,15,22H,5,10-14H2,1-4H3. The number of methoxy groups -OCH3 is 2. The molecule has 3 aliphatic heterocycles. The Kier molecular flexibility index (Phi) is 7.09. The van der Waals surface area contributed by atoms with Crippen molar-refractivity contribution in [3.05, 3.63) is 52.2 Å². The molecule has 8 nitrogen and oxygen atoms in total. The number of ether oxygens (including phenoxy) is 2. The Morgan fingerprint density at radius 2 is 1.88 bits per heavy atom. The SMILES string of the molecule is COC(=O)C1=C(C)N=C2SC=C(CC(=O)N3CCCN(C)CC3)N2C1c1ccc(OC)cc1. The van der Waals surface area contributed by atoms with Crippen molar-refractivity contribution in [2.45, 2.75) is 25.8 Å². The normalized spacial score (nSPS) is 21.3. The van der Waals surface area contributed by atoms with Crippen LogP contribution in [0.1, 0.15) is 31.4 Å². The number of carbonyl (C=O) groups is 2. The molecule has 1 atom stereocenters. The topological polar surface area (TPSA) is 74.7 Å². The molecule has 1 aromatic carbocycles. The van der Waals surface area contributed by atoms with Crippen molar-refractivity contribution in [1.82, 2.24) is 14.7 Å². The van der Waals surface area contributed by atoms with E-state index in [2.05, 4.69) is 16.9 Å². The summed E-state index contributed by atoms with van der Waals surface area (Å²) in [5.41, 5.74) is 2.85. The fourth-order valence-corrected chi connectivity index (χ4v) is 5.37. The van der Waals surface area contributed by atoms with Crippen LogP contribution in [0.3, 0.4) is 0 Å². The number of benzene rings is 1. The van der Waals surface area contributed by atoms with Gasteiger partial charge in [-0.15, -0.1) is 0 Å². The summed E-state index contributed by atoms with van der Waals surface area (Å²) in [5.74, 6) is 0.406. The molecule has 3 aliphatic rings. The zero-order chi connectivity index (χ0) is 23.5. The van der Waals surface area contributed by atoms with Gasteiger partial charge in [0.25, 0.3) is 0 Å². The lowest BCUT2D eigenvalue weighted by Crippen LogP contribution is -2.39. The van der Waals surface area contributed by atoms with E-state index in [-0.39, 0.29) is 12.3 Å². The van der Waals surface area contributed by atoms with Gasteiger partial charge in [-0.3, -0.25) is 4.79 Å². The number of amides is 1. The van der Waals surface area contributed by atoms with E-state index in [1.165, 1.54) is 18.9 Å². The molecule has 1 saturated heterocycles. The minimum atomic E-state index is -0.430. The highest BCUT2D eigenvalue weighted by Gasteiger charge is 2.41. The number of nitrogens with zero attached hydrogens (tertiary/aromatic N) is 4. The van der Waals surface area contributed by atoms with Gasteiger partial charge in [-0.1, -0.05) is 23.9 Å². The molecule has 1 amide bonds. The van der Waals surface area contributed by atoms with Crippen LogP contribution in [-0.2, 0) is 14.3 Å². The van der Waals surface area contributed by atoms with Gasteiger partial charge in [-0.2, -0.15) is 0 Å². The highest BCUT2D eigenvalue weighted by molar-refractivity contribution is 8.16. The van der Waals surface area contributed by atoms with Crippen LogP contribution >= 0.6 is 11.8 Å². The molecule has 33 heavy (non-hydrogen) atoms. The van der Waals surface area contributed by atoms with Crippen LogP contribution in [-0.4, -0.2) is 79.2 Å². The summed E-state index contributed by atoms with van der Waals surface area (Å²) >= 11 is 1.48. The van der Waals surface area contributed by atoms with Gasteiger partial charge in [0.1, 0.15) is 5.75 Å². The van der Waals surface area contributed by atoms with E-state index in [1.807, 2.05) is 46.4 Å². The molecule has 1 aromatic rings. The van der Waals surface area contributed by atoms with Crippen LogP contribution in [0, 0.1) is 0 Å². The molecule has 176 valence electrons. The van der Waals surface area contributed by atoms with Gasteiger partial charge in [-0.05, 0) is 50.0 Å². The highest BCUT2D eigenvalue weighted by atomic mass is 32.2. The number of carbonyl (C=O) groups excluding carboxylic acids is 2. The molecule has 4 rings (SSSR count). The molecule has 0 aromatic heterocycles. The smallest absolute Gasteiger partial charge is 0.338 e. The van der Waals surface area contributed by atoms with Gasteiger partial charge >= 0.3 is 5.97 Å². The summed E-state index contributed by atoms with van der Waals surface area (Å²) in [6.07, 6.45) is 1.23. The molecule has 0 bridgehead atoms. The molecule has 1 fully saturated rings. The van der Waals surface area contributed by atoms with Crippen LogP contribution in [0.4, 0.5) is 0 Å². The van der Waals surface area contributed by atoms with Crippen molar-refractivity contribution < 1.29 is 19.1 Å². The lowest BCUT2D eigenvalue weighted by Gasteiger charge is -2.36. The number of fused-ring (bicyclic) bond motifs is 1. The van der Waals surface area contributed by atoms with Gasteiger partial charge < -0.3 is 24.2 Å². The third-order valence-corrected chi connectivity index (χ3v) is 7.13. The molecule has 0 N–H and O–H groups in total. The van der Waals surface area contributed by atoms with Crippen LogP contribution < -0.4 is 4.74 Å². The summed E-state index contributed by atoms with van der Waals surface area (Å²) in [5, 5.41) is 2.74. The highest BCUT2D eigenvalue weighted by Crippen LogP contribution is 2.45. The van der Waals surface area contributed by atoms with Gasteiger partial charge in [0.2, 0.25) is 5.91 Å². The fourth-order valence-electron chi connectivity index (χ4n) is 4.41. The largest absolute Gasteiger partial charge is 0.497 e. The quantitative estimate of drug-likeness (QED) is 0.613. The molecule has 1 unspecified atom stereocenters. The van der Waals surface area contributed by atoms with Crippen LogP contribution in [0.5, 0.6) is 5.75 Å². The predicted molar refractivity (Wildman–Crippen MR) is 129 cm³/mol. The number of amidine groups is 1. The number of rotatable bonds is 5. The van der Waals surface area contributed by atoms with E-state index >= 15 is 0 Å². The van der Waals surface area contributed by atoms with Crippen molar-refractivity contribution in [3.8, 4) is 5.75 Å². The van der Waals surface area contributed by atoms with Crippen molar-refractivity contribution in [2.75, 3.05) is 47.4 Å². The summed E-state index contributed by atoms with van der Waals surface area (Å²) in [4.78, 5) is 36.9. The van der Waals surface area contributed by atoms with E-state index in [0.717, 1.165) is 54.8 Å². The Balaban J connectivity index is 1.65. The zero-order valence-electron chi connectivity index (χ0n) is 19.5. The number of esters is 1. The molecule has 0 radical (unpaired) electrons. The van der Waals surface area contributed by atoms with Crippen LogP contribution in [0.15, 0.2) is 51.6 Å². The second-order valence-corrected chi connectivity index (χ2v) is 9.21. The van der Waals surface area contributed by atoms with Gasteiger partial charge in [0, 0.05) is 25.3 Å². The second kappa shape index (κ2) is 10.0. The summed E-state index contributed by atoms with van der Waals surface area (Å²) in [7, 11) is 5.08. The van der Waals surface area contributed by atoms with Crippen LogP contribution in [0.2, 0.25) is 0 Å². The van der Waals surface area contributed by atoms with Crippen molar-refractivity contribution >= 4 is 28.8 Å². The van der Waals surface area contributed by atoms with E-state index < -0.39 is 12.0 Å². The first-order valence-corrected chi connectivity index (χ1v) is 11.9. The van der Waals surface area contributed by atoms with Gasteiger partial charge in [-0.25, -0.2) is 9.79 Å². The fraction of sp³-hybridized carbons (Fsp3) is 0.458.